The van der Waals surface area contributed by atoms with Crippen LogP contribution in [0.25, 0.3) is 0 Å². The summed E-state index contributed by atoms with van der Waals surface area (Å²) in [6.07, 6.45) is 2.35. The minimum atomic E-state index is -0.419. The molecule has 7 nitrogen and oxygen atoms in total. The van der Waals surface area contributed by atoms with Crippen LogP contribution in [0.2, 0.25) is 0 Å². The van der Waals surface area contributed by atoms with E-state index in [-0.39, 0.29) is 24.3 Å². The van der Waals surface area contributed by atoms with E-state index < -0.39 is 5.56 Å². The van der Waals surface area contributed by atoms with Gasteiger partial charge in [-0.05, 0) is 24.0 Å². The molecule has 0 saturated heterocycles. The predicted octanol–water partition coefficient (Wildman–Crippen LogP) is 2.54. The molecule has 1 N–H and O–H groups in total. The summed E-state index contributed by atoms with van der Waals surface area (Å²) in [4.78, 5) is 40.0. The van der Waals surface area contributed by atoms with E-state index in [1.165, 1.54) is 16.7 Å². The van der Waals surface area contributed by atoms with Crippen LogP contribution >= 0.6 is 11.8 Å². The maximum Gasteiger partial charge on any atom is 0.292 e. The van der Waals surface area contributed by atoms with Crippen molar-refractivity contribution in [2.75, 3.05) is 22.5 Å². The number of carbonyl (C=O) groups is 2. The molecule has 8 heteroatoms. The van der Waals surface area contributed by atoms with Crippen molar-refractivity contribution in [2.45, 2.75) is 38.6 Å². The number of nitrogens with one attached hydrogen (secondary N) is 1. The van der Waals surface area contributed by atoms with Gasteiger partial charge in [-0.1, -0.05) is 39.0 Å². The molecule has 0 aliphatic carbocycles. The van der Waals surface area contributed by atoms with Crippen LogP contribution in [0.4, 0.5) is 11.4 Å². The number of thioether (sulfide) groups is 1. The molecular weight excluding hydrogens is 376 g/mol. The molecule has 0 bridgehead atoms. The van der Waals surface area contributed by atoms with Gasteiger partial charge in [-0.2, -0.15) is 5.10 Å². The maximum absolute atomic E-state index is 13.0. The quantitative estimate of drug-likeness (QED) is 0.806. The fraction of sp³-hybridized carbons (Fsp3) is 0.400. The summed E-state index contributed by atoms with van der Waals surface area (Å²) in [6.45, 7) is 6.25. The van der Waals surface area contributed by atoms with Crippen LogP contribution in [-0.2, 0) is 22.6 Å². The number of para-hydroxylation sites is 1. The molecule has 1 aliphatic heterocycles. The van der Waals surface area contributed by atoms with E-state index >= 15 is 0 Å². The van der Waals surface area contributed by atoms with Gasteiger partial charge in [0.05, 0.1) is 16.8 Å². The van der Waals surface area contributed by atoms with Gasteiger partial charge in [0.15, 0.2) is 0 Å². The lowest BCUT2D eigenvalue weighted by molar-refractivity contribution is -0.117. The average molecular weight is 401 g/mol. The molecule has 2 aromatic rings. The minimum Gasteiger partial charge on any atom is -0.324 e. The fourth-order valence-corrected chi connectivity index (χ4v) is 4.00. The van der Waals surface area contributed by atoms with Crippen molar-refractivity contribution < 1.29 is 9.59 Å². The number of amides is 2. The summed E-state index contributed by atoms with van der Waals surface area (Å²) in [5, 5.41) is 6.98. The van der Waals surface area contributed by atoms with Crippen LogP contribution in [-0.4, -0.2) is 33.9 Å². The lowest BCUT2D eigenvalue weighted by atomic mass is 10.1. The number of rotatable bonds is 6. The highest BCUT2D eigenvalue weighted by molar-refractivity contribution is 8.00. The second-order valence-electron chi connectivity index (χ2n) is 7.07. The van der Waals surface area contributed by atoms with E-state index in [4.69, 9.17) is 0 Å². The van der Waals surface area contributed by atoms with Crippen molar-refractivity contribution in [3.05, 3.63) is 46.4 Å². The Morgan fingerprint density at radius 2 is 2.04 bits per heavy atom. The van der Waals surface area contributed by atoms with Crippen LogP contribution in [0.1, 0.15) is 26.3 Å². The molecule has 0 spiro atoms. The standard InChI is InChI=1S/C20H24N4O3S/c1-4-14-7-5-6-8-15(14)22-17(25)11-24-20(27)19-16(9-21-24)28-12-18(26)23(19)10-13(2)3/h5-9,13H,4,10-12H2,1-3H3,(H,22,25). The fourth-order valence-electron chi connectivity index (χ4n) is 3.11. The highest BCUT2D eigenvalue weighted by Gasteiger charge is 2.29. The Kier molecular flexibility index (Phi) is 6.18. The SMILES string of the molecule is CCc1ccccc1NC(=O)Cn1ncc2c(c1=O)N(CC(C)C)C(=O)CS2. The third-order valence-electron chi connectivity index (χ3n) is 4.42. The zero-order valence-corrected chi connectivity index (χ0v) is 17.1. The summed E-state index contributed by atoms with van der Waals surface area (Å²) in [6, 6.07) is 7.55. The van der Waals surface area contributed by atoms with Gasteiger partial charge in [-0.3, -0.25) is 14.4 Å². The van der Waals surface area contributed by atoms with E-state index in [1.807, 2.05) is 45.0 Å². The molecule has 1 aromatic heterocycles. The van der Waals surface area contributed by atoms with Gasteiger partial charge in [-0.15, -0.1) is 11.8 Å². The van der Waals surface area contributed by atoms with Gasteiger partial charge in [0.1, 0.15) is 12.2 Å². The van der Waals surface area contributed by atoms with Gasteiger partial charge in [0.25, 0.3) is 5.56 Å². The first-order valence-corrected chi connectivity index (χ1v) is 10.3. The third kappa shape index (κ3) is 4.27. The molecule has 0 saturated carbocycles. The van der Waals surface area contributed by atoms with Gasteiger partial charge in [0, 0.05) is 12.2 Å². The van der Waals surface area contributed by atoms with Crippen molar-refractivity contribution >= 4 is 35.0 Å². The molecular formula is C20H24N4O3S. The molecule has 2 heterocycles. The van der Waals surface area contributed by atoms with Gasteiger partial charge in [-0.25, -0.2) is 4.68 Å². The summed E-state index contributed by atoms with van der Waals surface area (Å²) >= 11 is 1.31. The Bertz CT molecular complexity index is 955. The molecule has 1 aliphatic rings. The van der Waals surface area contributed by atoms with E-state index in [0.717, 1.165) is 22.4 Å². The Morgan fingerprint density at radius 1 is 1.29 bits per heavy atom. The van der Waals surface area contributed by atoms with E-state index in [9.17, 15) is 14.4 Å². The first kappa shape index (κ1) is 20.1. The highest BCUT2D eigenvalue weighted by Crippen LogP contribution is 2.32. The van der Waals surface area contributed by atoms with E-state index in [1.54, 1.807) is 6.20 Å². The van der Waals surface area contributed by atoms with Crippen LogP contribution in [0.3, 0.4) is 0 Å². The van der Waals surface area contributed by atoms with Gasteiger partial charge >= 0.3 is 0 Å². The van der Waals surface area contributed by atoms with Crippen molar-refractivity contribution in [3.63, 3.8) is 0 Å². The number of aryl methyl sites for hydroxylation is 1. The van der Waals surface area contributed by atoms with E-state index in [2.05, 4.69) is 10.4 Å². The van der Waals surface area contributed by atoms with Crippen LogP contribution < -0.4 is 15.8 Å². The predicted molar refractivity (Wildman–Crippen MR) is 111 cm³/mol. The van der Waals surface area contributed by atoms with Crippen LogP contribution in [0.5, 0.6) is 0 Å². The Morgan fingerprint density at radius 3 is 2.75 bits per heavy atom. The van der Waals surface area contributed by atoms with E-state index in [0.29, 0.717) is 22.9 Å². The molecule has 0 fully saturated rings. The third-order valence-corrected chi connectivity index (χ3v) is 5.42. The number of hydrogen-bond acceptors (Lipinski definition) is 5. The zero-order valence-electron chi connectivity index (χ0n) is 16.3. The maximum atomic E-state index is 13.0. The Labute approximate surface area is 168 Å². The lowest BCUT2D eigenvalue weighted by Gasteiger charge is -2.29. The summed E-state index contributed by atoms with van der Waals surface area (Å²) in [7, 11) is 0. The number of nitrogens with zero attached hydrogens (tertiary/aromatic N) is 3. The molecule has 148 valence electrons. The second kappa shape index (κ2) is 8.60. The normalized spacial score (nSPS) is 13.6. The lowest BCUT2D eigenvalue weighted by Crippen LogP contribution is -2.44. The van der Waals surface area contributed by atoms with Crippen molar-refractivity contribution in [1.29, 1.82) is 0 Å². The monoisotopic (exact) mass is 400 g/mol. The zero-order chi connectivity index (χ0) is 20.3. The summed E-state index contributed by atoms with van der Waals surface area (Å²) in [5.74, 6) is 0.0804. The largest absolute Gasteiger partial charge is 0.324 e. The molecule has 2 amide bonds. The molecule has 3 rings (SSSR count). The van der Waals surface area contributed by atoms with Crippen molar-refractivity contribution in [1.82, 2.24) is 9.78 Å². The molecule has 28 heavy (non-hydrogen) atoms. The number of hydrogen-bond donors (Lipinski definition) is 1. The topological polar surface area (TPSA) is 84.3 Å². The number of carbonyl (C=O) groups excluding carboxylic acids is 2. The van der Waals surface area contributed by atoms with Crippen molar-refractivity contribution in [2.24, 2.45) is 5.92 Å². The number of fused-ring (bicyclic) bond motifs is 1. The summed E-state index contributed by atoms with van der Waals surface area (Å²) < 4.78 is 1.12. The van der Waals surface area contributed by atoms with Gasteiger partial charge < -0.3 is 10.2 Å². The molecule has 0 atom stereocenters. The number of anilines is 2. The number of aromatic nitrogens is 2. The first-order chi connectivity index (χ1) is 13.4. The van der Waals surface area contributed by atoms with Crippen LogP contribution in [0, 0.1) is 5.92 Å². The smallest absolute Gasteiger partial charge is 0.292 e. The molecule has 0 unspecified atom stereocenters. The first-order valence-electron chi connectivity index (χ1n) is 9.31. The van der Waals surface area contributed by atoms with Crippen LogP contribution in [0.15, 0.2) is 40.2 Å². The average Bonchev–Trinajstić information content (AvgIpc) is 2.66. The molecule has 1 aromatic carbocycles. The van der Waals surface area contributed by atoms with Gasteiger partial charge in [0.2, 0.25) is 11.8 Å². The second-order valence-corrected chi connectivity index (χ2v) is 8.08. The Hall–Kier alpha value is -2.61. The molecule has 0 radical (unpaired) electrons. The summed E-state index contributed by atoms with van der Waals surface area (Å²) in [5.41, 5.74) is 1.66. The minimum absolute atomic E-state index is 0.0950. The van der Waals surface area contributed by atoms with Crippen molar-refractivity contribution in [3.8, 4) is 0 Å². The number of benzene rings is 1. The highest BCUT2D eigenvalue weighted by atomic mass is 32.2. The Balaban J connectivity index is 1.86.